The first kappa shape index (κ1) is 20.8. The zero-order valence-corrected chi connectivity index (χ0v) is 17.6. The minimum absolute atomic E-state index is 0.153. The summed E-state index contributed by atoms with van der Waals surface area (Å²) in [6.07, 6.45) is 1.67. The van der Waals surface area contributed by atoms with Crippen molar-refractivity contribution in [2.45, 2.75) is 17.2 Å². The van der Waals surface area contributed by atoms with Gasteiger partial charge >= 0.3 is 0 Å². The summed E-state index contributed by atoms with van der Waals surface area (Å²) >= 11 is 1.17. The van der Waals surface area contributed by atoms with Gasteiger partial charge in [-0.3, -0.25) is 14.1 Å². The highest BCUT2D eigenvalue weighted by Gasteiger charge is 2.22. The smallest absolute Gasteiger partial charge is 0.273 e. The number of hydrogen-bond acceptors (Lipinski definition) is 6. The van der Waals surface area contributed by atoms with Crippen molar-refractivity contribution in [1.82, 2.24) is 10.3 Å². The maximum atomic E-state index is 12.6. The Bertz CT molecular complexity index is 1040. The van der Waals surface area contributed by atoms with E-state index >= 15 is 0 Å². The molecule has 0 saturated carbocycles. The van der Waals surface area contributed by atoms with Crippen LogP contribution in [0.15, 0.2) is 70.4 Å². The topological polar surface area (TPSA) is 88.6 Å². The van der Waals surface area contributed by atoms with Crippen molar-refractivity contribution >= 4 is 33.0 Å². The molecule has 0 bridgehead atoms. The number of thiophene rings is 1. The summed E-state index contributed by atoms with van der Waals surface area (Å²) in [5.74, 6) is 0.195. The lowest BCUT2D eigenvalue weighted by Crippen LogP contribution is -2.31. The first-order valence-corrected chi connectivity index (χ1v) is 11.2. The van der Waals surface area contributed by atoms with Gasteiger partial charge < -0.3 is 10.1 Å². The fourth-order valence-electron chi connectivity index (χ4n) is 2.57. The zero-order valence-electron chi connectivity index (χ0n) is 16.0. The standard InChI is InChI=1S/C20H21N3O4S2/c1-15(18-6-3-4-12-21-18)22-19(24)14-27-17-10-8-16(9-11-17)23(2)29(25,26)20-7-5-13-28-20/h3-13,15H,14H2,1-2H3,(H,22,24)/t15-/m0/s1. The quantitative estimate of drug-likeness (QED) is 0.592. The SMILES string of the molecule is C[C@H](NC(=O)COc1ccc(N(C)S(=O)(=O)c2cccs2)cc1)c1ccccn1. The number of aromatic nitrogens is 1. The molecule has 0 radical (unpaired) electrons. The summed E-state index contributed by atoms with van der Waals surface area (Å²) in [6, 6.07) is 15.1. The van der Waals surface area contributed by atoms with E-state index in [1.165, 1.54) is 22.7 Å². The largest absolute Gasteiger partial charge is 0.484 e. The summed E-state index contributed by atoms with van der Waals surface area (Å²) < 4.78 is 32.1. The molecule has 7 nitrogen and oxygen atoms in total. The highest BCUT2D eigenvalue weighted by Crippen LogP contribution is 2.26. The van der Waals surface area contributed by atoms with Gasteiger partial charge in [0.25, 0.3) is 15.9 Å². The van der Waals surface area contributed by atoms with Gasteiger partial charge in [-0.25, -0.2) is 8.42 Å². The van der Waals surface area contributed by atoms with Crippen LogP contribution < -0.4 is 14.4 Å². The third-order valence-electron chi connectivity index (χ3n) is 4.19. The van der Waals surface area contributed by atoms with Crippen molar-refractivity contribution in [3.05, 3.63) is 71.9 Å². The lowest BCUT2D eigenvalue weighted by atomic mass is 10.2. The van der Waals surface area contributed by atoms with Crippen LogP contribution in [0.3, 0.4) is 0 Å². The van der Waals surface area contributed by atoms with Crippen molar-refractivity contribution in [2.75, 3.05) is 18.0 Å². The number of carbonyl (C=O) groups is 1. The van der Waals surface area contributed by atoms with Gasteiger partial charge in [0.15, 0.2) is 6.61 Å². The Morgan fingerprint density at radius 3 is 2.55 bits per heavy atom. The molecule has 152 valence electrons. The second kappa shape index (κ2) is 9.06. The molecule has 2 aromatic heterocycles. The van der Waals surface area contributed by atoms with E-state index in [0.717, 1.165) is 5.69 Å². The Kier molecular flexibility index (Phi) is 6.50. The first-order valence-electron chi connectivity index (χ1n) is 8.83. The van der Waals surface area contributed by atoms with E-state index in [4.69, 9.17) is 4.74 Å². The highest BCUT2D eigenvalue weighted by atomic mass is 32.2. The van der Waals surface area contributed by atoms with Crippen molar-refractivity contribution in [2.24, 2.45) is 0 Å². The van der Waals surface area contributed by atoms with Crippen LogP contribution in [0.4, 0.5) is 5.69 Å². The number of amides is 1. The van der Waals surface area contributed by atoms with E-state index < -0.39 is 10.0 Å². The number of rotatable bonds is 8. The molecule has 0 fully saturated rings. The van der Waals surface area contributed by atoms with E-state index in [-0.39, 0.29) is 22.8 Å². The highest BCUT2D eigenvalue weighted by molar-refractivity contribution is 7.94. The fraction of sp³-hybridized carbons (Fsp3) is 0.200. The van der Waals surface area contributed by atoms with E-state index in [1.807, 2.05) is 25.1 Å². The molecule has 1 aromatic carbocycles. The predicted octanol–water partition coefficient (Wildman–Crippen LogP) is 3.22. The van der Waals surface area contributed by atoms with Gasteiger partial charge in [-0.2, -0.15) is 0 Å². The molecule has 0 spiro atoms. The maximum Gasteiger partial charge on any atom is 0.273 e. The third-order valence-corrected chi connectivity index (χ3v) is 7.35. The fourth-order valence-corrected chi connectivity index (χ4v) is 4.93. The molecule has 2 heterocycles. The average Bonchev–Trinajstić information content (AvgIpc) is 3.28. The normalized spacial score (nSPS) is 12.2. The number of nitrogens with zero attached hydrogens (tertiary/aromatic N) is 2. The van der Waals surface area contributed by atoms with Gasteiger partial charge in [0.2, 0.25) is 0 Å². The van der Waals surface area contributed by atoms with Crippen LogP contribution in [-0.4, -0.2) is 33.0 Å². The number of hydrogen-bond donors (Lipinski definition) is 1. The number of ether oxygens (including phenoxy) is 1. The number of nitrogens with one attached hydrogen (secondary N) is 1. The van der Waals surface area contributed by atoms with Crippen molar-refractivity contribution in [3.8, 4) is 5.75 Å². The first-order chi connectivity index (χ1) is 13.9. The van der Waals surface area contributed by atoms with Crippen molar-refractivity contribution in [1.29, 1.82) is 0 Å². The zero-order chi connectivity index (χ0) is 20.9. The van der Waals surface area contributed by atoms with Crippen LogP contribution in [0.2, 0.25) is 0 Å². The Labute approximate surface area is 174 Å². The Balaban J connectivity index is 1.56. The average molecular weight is 432 g/mol. The van der Waals surface area contributed by atoms with Crippen molar-refractivity contribution < 1.29 is 17.9 Å². The molecule has 29 heavy (non-hydrogen) atoms. The van der Waals surface area contributed by atoms with Gasteiger partial charge in [0.1, 0.15) is 9.96 Å². The molecule has 0 unspecified atom stereocenters. The van der Waals surface area contributed by atoms with Crippen LogP contribution in [0, 0.1) is 0 Å². The van der Waals surface area contributed by atoms with Crippen LogP contribution >= 0.6 is 11.3 Å². The molecule has 3 rings (SSSR count). The lowest BCUT2D eigenvalue weighted by Gasteiger charge is -2.19. The maximum absolute atomic E-state index is 12.6. The Morgan fingerprint density at radius 1 is 1.17 bits per heavy atom. The number of pyridine rings is 1. The minimum atomic E-state index is -3.59. The second-order valence-corrected chi connectivity index (χ2v) is 9.37. The van der Waals surface area contributed by atoms with E-state index in [9.17, 15) is 13.2 Å². The monoisotopic (exact) mass is 431 g/mol. The number of anilines is 1. The molecular weight excluding hydrogens is 410 g/mol. The third kappa shape index (κ3) is 5.12. The van der Waals surface area contributed by atoms with Crippen LogP contribution in [0.5, 0.6) is 5.75 Å². The number of sulfonamides is 1. The van der Waals surface area contributed by atoms with Gasteiger partial charge in [0, 0.05) is 13.2 Å². The van der Waals surface area contributed by atoms with E-state index in [2.05, 4.69) is 10.3 Å². The predicted molar refractivity (Wildman–Crippen MR) is 113 cm³/mol. The Morgan fingerprint density at radius 2 is 1.93 bits per heavy atom. The molecule has 1 atom stereocenters. The van der Waals surface area contributed by atoms with Gasteiger partial charge in [-0.15, -0.1) is 11.3 Å². The molecule has 3 aromatic rings. The molecule has 0 aliphatic carbocycles. The van der Waals surface area contributed by atoms with Gasteiger partial charge in [0.05, 0.1) is 17.4 Å². The molecule has 0 saturated heterocycles. The van der Waals surface area contributed by atoms with Gasteiger partial charge in [-0.05, 0) is 54.8 Å². The van der Waals surface area contributed by atoms with Gasteiger partial charge in [-0.1, -0.05) is 12.1 Å². The second-order valence-electron chi connectivity index (χ2n) is 6.23. The molecular formula is C20H21N3O4S2. The number of carbonyl (C=O) groups excluding carboxylic acids is 1. The van der Waals surface area contributed by atoms with Crippen LogP contribution in [-0.2, 0) is 14.8 Å². The summed E-state index contributed by atoms with van der Waals surface area (Å²) in [5.41, 5.74) is 1.26. The summed E-state index contributed by atoms with van der Waals surface area (Å²) in [5, 5.41) is 4.54. The summed E-state index contributed by atoms with van der Waals surface area (Å²) in [4.78, 5) is 16.3. The molecule has 0 aliphatic rings. The van der Waals surface area contributed by atoms with E-state index in [1.54, 1.807) is 48.0 Å². The molecule has 1 N–H and O–H groups in total. The summed E-state index contributed by atoms with van der Waals surface area (Å²) in [6.45, 7) is 1.69. The Hall–Kier alpha value is -2.91. The molecule has 9 heteroatoms. The molecule has 0 aliphatic heterocycles. The number of benzene rings is 1. The van der Waals surface area contributed by atoms with E-state index in [0.29, 0.717) is 11.4 Å². The van der Waals surface area contributed by atoms with Crippen molar-refractivity contribution in [3.63, 3.8) is 0 Å². The lowest BCUT2D eigenvalue weighted by molar-refractivity contribution is -0.123. The summed E-state index contributed by atoms with van der Waals surface area (Å²) in [7, 11) is -2.09. The van der Waals surface area contributed by atoms with Crippen LogP contribution in [0.25, 0.3) is 0 Å². The molecule has 1 amide bonds. The van der Waals surface area contributed by atoms with Crippen LogP contribution in [0.1, 0.15) is 18.7 Å². The minimum Gasteiger partial charge on any atom is -0.484 e.